The molecule has 0 aromatic rings. The normalized spacial score (nSPS) is 31.1. The minimum Gasteiger partial charge on any atom is -0.390 e. The van der Waals surface area contributed by atoms with Gasteiger partial charge in [-0.25, -0.2) is 0 Å². The molecule has 3 nitrogen and oxygen atoms in total. The van der Waals surface area contributed by atoms with Gasteiger partial charge in [-0.05, 0) is 51.2 Å². The Morgan fingerprint density at radius 2 is 2.21 bits per heavy atom. The fraction of sp³-hybridized carbons (Fsp3) is 1.00. The molecule has 2 unspecified atom stereocenters. The van der Waals surface area contributed by atoms with Crippen molar-refractivity contribution in [1.82, 2.24) is 5.32 Å². The van der Waals surface area contributed by atoms with Crippen molar-refractivity contribution in [1.29, 1.82) is 0 Å². The third kappa shape index (κ3) is 2.94. The lowest BCUT2D eigenvalue weighted by molar-refractivity contribution is -0.0293. The summed E-state index contributed by atoms with van der Waals surface area (Å²) in [6.07, 6.45) is 4.98. The van der Waals surface area contributed by atoms with E-state index in [-0.39, 0.29) is 5.92 Å². The quantitative estimate of drug-likeness (QED) is 0.631. The zero-order chi connectivity index (χ0) is 10.4. The maximum atomic E-state index is 10.5. The van der Waals surface area contributed by atoms with Crippen molar-refractivity contribution < 1.29 is 5.11 Å². The second-order valence-electron chi connectivity index (χ2n) is 4.43. The molecule has 0 amide bonds. The second-order valence-corrected chi connectivity index (χ2v) is 4.43. The van der Waals surface area contributed by atoms with E-state index in [0.29, 0.717) is 6.54 Å². The molecule has 84 valence electrons. The minimum atomic E-state index is -0.506. The highest BCUT2D eigenvalue weighted by Gasteiger charge is 2.35. The molecule has 0 radical (unpaired) electrons. The first-order valence-electron chi connectivity index (χ1n) is 5.86. The molecule has 1 aliphatic heterocycles. The summed E-state index contributed by atoms with van der Waals surface area (Å²) in [6, 6.07) is 0. The molecule has 0 aromatic carbocycles. The summed E-state index contributed by atoms with van der Waals surface area (Å²) < 4.78 is 0. The van der Waals surface area contributed by atoms with Crippen LogP contribution in [0.3, 0.4) is 0 Å². The molecule has 0 spiro atoms. The number of nitrogens with two attached hydrogens (primary N) is 1. The number of rotatable bonds is 4. The predicted octanol–water partition coefficient (Wildman–Crippen LogP) is 0.866. The molecular formula is C11H24N2O. The molecule has 1 fully saturated rings. The van der Waals surface area contributed by atoms with Crippen LogP contribution in [0.5, 0.6) is 0 Å². The van der Waals surface area contributed by atoms with Gasteiger partial charge < -0.3 is 16.2 Å². The fourth-order valence-electron chi connectivity index (χ4n) is 2.44. The molecule has 2 atom stereocenters. The highest BCUT2D eigenvalue weighted by molar-refractivity contribution is 4.89. The van der Waals surface area contributed by atoms with Crippen LogP contribution in [-0.4, -0.2) is 30.3 Å². The topological polar surface area (TPSA) is 58.3 Å². The van der Waals surface area contributed by atoms with Gasteiger partial charge in [0.1, 0.15) is 0 Å². The SMILES string of the molecule is CCCC(CN)C1(O)CCCNCC1. The van der Waals surface area contributed by atoms with Crippen LogP contribution in [-0.2, 0) is 0 Å². The average molecular weight is 200 g/mol. The summed E-state index contributed by atoms with van der Waals surface area (Å²) in [5.74, 6) is 0.285. The standard InChI is InChI=1S/C11H24N2O/c1-2-4-10(9-12)11(14)5-3-7-13-8-6-11/h10,13-14H,2-9,12H2,1H3. The lowest BCUT2D eigenvalue weighted by Gasteiger charge is -2.34. The predicted molar refractivity (Wildman–Crippen MR) is 59.1 cm³/mol. The summed E-state index contributed by atoms with van der Waals surface area (Å²) in [5.41, 5.74) is 5.24. The first-order valence-corrected chi connectivity index (χ1v) is 5.86. The van der Waals surface area contributed by atoms with Gasteiger partial charge in [0.15, 0.2) is 0 Å². The molecule has 0 saturated carbocycles. The number of nitrogens with one attached hydrogen (secondary N) is 1. The Morgan fingerprint density at radius 1 is 1.43 bits per heavy atom. The van der Waals surface area contributed by atoms with Crippen LogP contribution in [0.1, 0.15) is 39.0 Å². The van der Waals surface area contributed by atoms with Gasteiger partial charge in [0.05, 0.1) is 5.60 Å². The molecule has 1 rings (SSSR count). The van der Waals surface area contributed by atoms with Crippen LogP contribution in [0.2, 0.25) is 0 Å². The third-order valence-electron chi connectivity index (χ3n) is 3.38. The first-order chi connectivity index (χ1) is 6.73. The van der Waals surface area contributed by atoms with Crippen LogP contribution in [0.25, 0.3) is 0 Å². The highest BCUT2D eigenvalue weighted by Crippen LogP contribution is 2.30. The molecule has 1 saturated heterocycles. The summed E-state index contributed by atoms with van der Waals surface area (Å²) in [4.78, 5) is 0. The Labute approximate surface area is 87.1 Å². The van der Waals surface area contributed by atoms with Crippen LogP contribution in [0.4, 0.5) is 0 Å². The Bertz CT molecular complexity index is 153. The maximum absolute atomic E-state index is 10.5. The van der Waals surface area contributed by atoms with Crippen molar-refractivity contribution in [2.75, 3.05) is 19.6 Å². The summed E-state index contributed by atoms with van der Waals surface area (Å²) >= 11 is 0. The van der Waals surface area contributed by atoms with Crippen molar-refractivity contribution in [2.45, 2.75) is 44.6 Å². The second kappa shape index (κ2) is 5.69. The van der Waals surface area contributed by atoms with E-state index < -0.39 is 5.60 Å². The third-order valence-corrected chi connectivity index (χ3v) is 3.38. The lowest BCUT2D eigenvalue weighted by atomic mass is 9.79. The Morgan fingerprint density at radius 3 is 2.86 bits per heavy atom. The van der Waals surface area contributed by atoms with Gasteiger partial charge in [-0.1, -0.05) is 13.3 Å². The molecule has 0 aromatic heterocycles. The van der Waals surface area contributed by atoms with E-state index in [4.69, 9.17) is 5.73 Å². The highest BCUT2D eigenvalue weighted by atomic mass is 16.3. The molecule has 0 bridgehead atoms. The first kappa shape index (κ1) is 12.0. The van der Waals surface area contributed by atoms with E-state index in [1.54, 1.807) is 0 Å². The number of hydrogen-bond acceptors (Lipinski definition) is 3. The molecule has 0 aliphatic carbocycles. The van der Waals surface area contributed by atoms with Gasteiger partial charge >= 0.3 is 0 Å². The summed E-state index contributed by atoms with van der Waals surface area (Å²) in [5, 5.41) is 13.8. The zero-order valence-electron chi connectivity index (χ0n) is 9.26. The molecule has 3 heteroatoms. The van der Waals surface area contributed by atoms with Gasteiger partial charge in [0.25, 0.3) is 0 Å². The monoisotopic (exact) mass is 200 g/mol. The van der Waals surface area contributed by atoms with Gasteiger partial charge in [-0.3, -0.25) is 0 Å². The van der Waals surface area contributed by atoms with Crippen molar-refractivity contribution in [3.63, 3.8) is 0 Å². The van der Waals surface area contributed by atoms with Crippen LogP contribution >= 0.6 is 0 Å². The minimum absolute atomic E-state index is 0.285. The van der Waals surface area contributed by atoms with Gasteiger partial charge in [-0.15, -0.1) is 0 Å². The molecule has 4 N–H and O–H groups in total. The number of aliphatic hydroxyl groups is 1. The molecule has 14 heavy (non-hydrogen) atoms. The Balaban J connectivity index is 2.57. The molecule has 1 aliphatic rings. The fourth-order valence-corrected chi connectivity index (χ4v) is 2.44. The van der Waals surface area contributed by atoms with Crippen molar-refractivity contribution in [2.24, 2.45) is 11.7 Å². The smallest absolute Gasteiger partial charge is 0.0700 e. The van der Waals surface area contributed by atoms with Crippen molar-refractivity contribution >= 4 is 0 Å². The van der Waals surface area contributed by atoms with E-state index in [9.17, 15) is 5.11 Å². The Hall–Kier alpha value is -0.120. The van der Waals surface area contributed by atoms with Crippen molar-refractivity contribution in [3.05, 3.63) is 0 Å². The van der Waals surface area contributed by atoms with E-state index in [1.807, 2.05) is 0 Å². The molecular weight excluding hydrogens is 176 g/mol. The number of hydrogen-bond donors (Lipinski definition) is 3. The zero-order valence-corrected chi connectivity index (χ0v) is 9.26. The molecule has 1 heterocycles. The lowest BCUT2D eigenvalue weighted by Crippen LogP contribution is -2.42. The van der Waals surface area contributed by atoms with Crippen LogP contribution < -0.4 is 11.1 Å². The van der Waals surface area contributed by atoms with Gasteiger partial charge in [0.2, 0.25) is 0 Å². The van der Waals surface area contributed by atoms with Gasteiger partial charge in [0, 0.05) is 0 Å². The summed E-state index contributed by atoms with van der Waals surface area (Å²) in [6.45, 7) is 4.73. The van der Waals surface area contributed by atoms with Crippen LogP contribution in [0.15, 0.2) is 0 Å². The van der Waals surface area contributed by atoms with E-state index in [2.05, 4.69) is 12.2 Å². The largest absolute Gasteiger partial charge is 0.390 e. The van der Waals surface area contributed by atoms with E-state index >= 15 is 0 Å². The van der Waals surface area contributed by atoms with Crippen molar-refractivity contribution in [3.8, 4) is 0 Å². The summed E-state index contributed by atoms with van der Waals surface area (Å²) in [7, 11) is 0. The van der Waals surface area contributed by atoms with Gasteiger partial charge in [-0.2, -0.15) is 0 Å². The Kier molecular flexibility index (Phi) is 4.85. The van der Waals surface area contributed by atoms with E-state index in [1.165, 1.54) is 0 Å². The van der Waals surface area contributed by atoms with Crippen LogP contribution in [0, 0.1) is 5.92 Å². The average Bonchev–Trinajstić information content (AvgIpc) is 2.40. The van der Waals surface area contributed by atoms with E-state index in [0.717, 1.165) is 45.2 Å². The maximum Gasteiger partial charge on any atom is 0.0700 e.